The molecule has 1 spiro atoms. The van der Waals surface area contributed by atoms with E-state index < -0.39 is 0 Å². The summed E-state index contributed by atoms with van der Waals surface area (Å²) in [5.74, 6) is 0.299. The maximum absolute atomic E-state index is 12.6. The van der Waals surface area contributed by atoms with Crippen molar-refractivity contribution in [3.8, 4) is 0 Å². The normalized spacial score (nSPS) is 21.4. The molecular weight excluding hydrogens is 348 g/mol. The minimum absolute atomic E-state index is 0.0397. The first-order valence-electron chi connectivity index (χ1n) is 9.13. The largest absolute Gasteiger partial charge is 0.373 e. The Labute approximate surface area is 156 Å². The highest BCUT2D eigenvalue weighted by molar-refractivity contribution is 5.95. The number of pyridine rings is 1. The summed E-state index contributed by atoms with van der Waals surface area (Å²) in [4.78, 5) is 30.7. The summed E-state index contributed by atoms with van der Waals surface area (Å²) in [5.41, 5.74) is 0.643. The Morgan fingerprint density at radius 2 is 2.11 bits per heavy atom. The standard InChI is InChI=1S/C19H22N4O4/c1-13-15(11-21-27-13)18(25)23-8-5-19(6-9-23)10-14(12-26-19)22-17(24)16-4-2-3-7-20-16/h2-4,7,11,14H,5-6,8-10,12H2,1H3,(H,22,24). The van der Waals surface area contributed by atoms with Gasteiger partial charge in [0.1, 0.15) is 17.0 Å². The molecule has 2 amide bonds. The van der Waals surface area contributed by atoms with Crippen LogP contribution in [0.5, 0.6) is 0 Å². The molecular formula is C19H22N4O4. The van der Waals surface area contributed by atoms with Gasteiger partial charge in [0.25, 0.3) is 11.8 Å². The van der Waals surface area contributed by atoms with E-state index in [4.69, 9.17) is 9.26 Å². The highest BCUT2D eigenvalue weighted by atomic mass is 16.5. The molecule has 2 aliphatic heterocycles. The third-order valence-electron chi connectivity index (χ3n) is 5.38. The number of carbonyl (C=O) groups is 2. The molecule has 4 rings (SSSR count). The number of carbonyl (C=O) groups excluding carboxylic acids is 2. The molecule has 27 heavy (non-hydrogen) atoms. The van der Waals surface area contributed by atoms with Gasteiger partial charge in [-0.3, -0.25) is 14.6 Å². The number of nitrogens with one attached hydrogen (secondary N) is 1. The maximum Gasteiger partial charge on any atom is 0.270 e. The number of aryl methyl sites for hydroxylation is 1. The average molecular weight is 370 g/mol. The molecule has 8 heteroatoms. The van der Waals surface area contributed by atoms with Crippen molar-refractivity contribution in [1.29, 1.82) is 0 Å². The van der Waals surface area contributed by atoms with E-state index >= 15 is 0 Å². The van der Waals surface area contributed by atoms with Crippen LogP contribution in [0.25, 0.3) is 0 Å². The average Bonchev–Trinajstić information content (AvgIpc) is 3.29. The van der Waals surface area contributed by atoms with Gasteiger partial charge in [-0.25, -0.2) is 0 Å². The first-order chi connectivity index (χ1) is 13.1. The monoisotopic (exact) mass is 370 g/mol. The van der Waals surface area contributed by atoms with Gasteiger partial charge in [0, 0.05) is 19.3 Å². The highest BCUT2D eigenvalue weighted by Gasteiger charge is 2.44. The molecule has 8 nitrogen and oxygen atoms in total. The Hall–Kier alpha value is -2.74. The molecule has 0 radical (unpaired) electrons. The predicted molar refractivity (Wildman–Crippen MR) is 95.2 cm³/mol. The quantitative estimate of drug-likeness (QED) is 0.881. The molecule has 2 fully saturated rings. The number of rotatable bonds is 3. The molecule has 1 atom stereocenters. The van der Waals surface area contributed by atoms with Crippen LogP contribution < -0.4 is 5.32 Å². The Bertz CT molecular complexity index is 827. The zero-order valence-corrected chi connectivity index (χ0v) is 15.2. The summed E-state index contributed by atoms with van der Waals surface area (Å²) in [7, 11) is 0. The van der Waals surface area contributed by atoms with Gasteiger partial charge in [-0.1, -0.05) is 11.2 Å². The summed E-state index contributed by atoms with van der Waals surface area (Å²) in [6.45, 7) is 3.45. The third kappa shape index (κ3) is 3.57. The Kier molecular flexibility index (Phi) is 4.65. The zero-order valence-electron chi connectivity index (χ0n) is 15.2. The Morgan fingerprint density at radius 1 is 1.30 bits per heavy atom. The first kappa shape index (κ1) is 17.7. The molecule has 0 aliphatic carbocycles. The summed E-state index contributed by atoms with van der Waals surface area (Å²) in [6.07, 6.45) is 5.32. The van der Waals surface area contributed by atoms with E-state index in [1.165, 1.54) is 6.20 Å². The summed E-state index contributed by atoms with van der Waals surface area (Å²) >= 11 is 0. The zero-order chi connectivity index (χ0) is 18.9. The van der Waals surface area contributed by atoms with Crippen LogP contribution in [0.2, 0.25) is 0 Å². The maximum atomic E-state index is 12.6. The molecule has 2 aromatic rings. The van der Waals surface area contributed by atoms with Crippen molar-refractivity contribution in [2.45, 2.75) is 37.8 Å². The molecule has 0 bridgehead atoms. The molecule has 1 unspecified atom stereocenters. The van der Waals surface area contributed by atoms with E-state index in [-0.39, 0.29) is 23.5 Å². The number of nitrogens with zero attached hydrogens (tertiary/aromatic N) is 3. The van der Waals surface area contributed by atoms with E-state index in [2.05, 4.69) is 15.5 Å². The minimum atomic E-state index is -0.275. The number of ether oxygens (including phenoxy) is 1. The molecule has 0 aromatic carbocycles. The van der Waals surface area contributed by atoms with Crippen molar-refractivity contribution >= 4 is 11.8 Å². The molecule has 2 saturated heterocycles. The fraction of sp³-hybridized carbons (Fsp3) is 0.474. The van der Waals surface area contributed by atoms with Crippen LogP contribution in [0.4, 0.5) is 0 Å². The lowest BCUT2D eigenvalue weighted by Crippen LogP contribution is -2.47. The van der Waals surface area contributed by atoms with Crippen LogP contribution in [-0.4, -0.2) is 58.2 Å². The number of likely N-dealkylation sites (tertiary alicyclic amines) is 1. The van der Waals surface area contributed by atoms with Crippen LogP contribution in [0.1, 0.15) is 45.9 Å². The number of piperidine rings is 1. The van der Waals surface area contributed by atoms with E-state index in [0.29, 0.717) is 36.7 Å². The van der Waals surface area contributed by atoms with Crippen molar-refractivity contribution in [2.75, 3.05) is 19.7 Å². The van der Waals surface area contributed by atoms with Gasteiger partial charge in [-0.05, 0) is 38.3 Å². The topological polar surface area (TPSA) is 97.6 Å². The molecule has 142 valence electrons. The number of hydrogen-bond donors (Lipinski definition) is 1. The number of amides is 2. The second kappa shape index (κ2) is 7.11. The fourth-order valence-corrected chi connectivity index (χ4v) is 3.83. The summed E-state index contributed by atoms with van der Waals surface area (Å²) in [6, 6.07) is 5.22. The first-order valence-corrected chi connectivity index (χ1v) is 9.13. The van der Waals surface area contributed by atoms with Crippen LogP contribution in [0, 0.1) is 6.92 Å². The second-order valence-electron chi connectivity index (χ2n) is 7.17. The van der Waals surface area contributed by atoms with Crippen LogP contribution in [-0.2, 0) is 4.74 Å². The van der Waals surface area contributed by atoms with Crippen LogP contribution >= 0.6 is 0 Å². The Morgan fingerprint density at radius 3 is 2.78 bits per heavy atom. The highest BCUT2D eigenvalue weighted by Crippen LogP contribution is 2.36. The van der Waals surface area contributed by atoms with E-state index in [1.807, 2.05) is 4.90 Å². The molecule has 2 aromatic heterocycles. The van der Waals surface area contributed by atoms with E-state index in [1.54, 1.807) is 31.3 Å². The van der Waals surface area contributed by atoms with Crippen molar-refractivity contribution < 1.29 is 18.8 Å². The SMILES string of the molecule is Cc1oncc1C(=O)N1CCC2(CC1)CC(NC(=O)c1ccccn1)CO2. The fourth-order valence-electron chi connectivity index (χ4n) is 3.83. The smallest absolute Gasteiger partial charge is 0.270 e. The second-order valence-corrected chi connectivity index (χ2v) is 7.17. The summed E-state index contributed by atoms with van der Waals surface area (Å²) < 4.78 is 11.1. The lowest BCUT2D eigenvalue weighted by atomic mass is 9.87. The van der Waals surface area contributed by atoms with Crippen molar-refractivity contribution in [3.05, 3.63) is 47.6 Å². The van der Waals surface area contributed by atoms with Crippen molar-refractivity contribution in [3.63, 3.8) is 0 Å². The Balaban J connectivity index is 1.32. The van der Waals surface area contributed by atoms with Gasteiger partial charge in [0.15, 0.2) is 0 Å². The molecule has 0 saturated carbocycles. The van der Waals surface area contributed by atoms with Gasteiger partial charge in [-0.2, -0.15) is 0 Å². The summed E-state index contributed by atoms with van der Waals surface area (Å²) in [5, 5.41) is 6.68. The van der Waals surface area contributed by atoms with Gasteiger partial charge < -0.3 is 19.5 Å². The van der Waals surface area contributed by atoms with Crippen LogP contribution in [0.3, 0.4) is 0 Å². The van der Waals surface area contributed by atoms with Gasteiger partial charge in [0.2, 0.25) is 0 Å². The van der Waals surface area contributed by atoms with E-state index in [0.717, 1.165) is 19.3 Å². The third-order valence-corrected chi connectivity index (χ3v) is 5.38. The molecule has 4 heterocycles. The van der Waals surface area contributed by atoms with E-state index in [9.17, 15) is 9.59 Å². The number of hydrogen-bond acceptors (Lipinski definition) is 6. The van der Waals surface area contributed by atoms with Crippen molar-refractivity contribution in [1.82, 2.24) is 20.4 Å². The van der Waals surface area contributed by atoms with Crippen LogP contribution in [0.15, 0.2) is 35.1 Å². The predicted octanol–water partition coefficient (Wildman–Crippen LogP) is 1.57. The van der Waals surface area contributed by atoms with Gasteiger partial charge >= 0.3 is 0 Å². The molecule has 2 aliphatic rings. The minimum Gasteiger partial charge on any atom is -0.373 e. The van der Waals surface area contributed by atoms with Crippen molar-refractivity contribution in [2.24, 2.45) is 0 Å². The lowest BCUT2D eigenvalue weighted by molar-refractivity contribution is -0.0389. The molecule has 1 N–H and O–H groups in total. The number of aromatic nitrogens is 2. The van der Waals surface area contributed by atoms with Gasteiger partial charge in [0.05, 0.1) is 24.4 Å². The van der Waals surface area contributed by atoms with Gasteiger partial charge in [-0.15, -0.1) is 0 Å². The lowest BCUT2D eigenvalue weighted by Gasteiger charge is -2.38.